The molecule has 1 spiro atoms. The summed E-state index contributed by atoms with van der Waals surface area (Å²) in [6, 6.07) is 5.72. The predicted molar refractivity (Wildman–Crippen MR) is 78.1 cm³/mol. The van der Waals surface area contributed by atoms with Gasteiger partial charge in [-0.05, 0) is 25.0 Å². The third-order valence-corrected chi connectivity index (χ3v) is 5.95. The van der Waals surface area contributed by atoms with Crippen LogP contribution in [0.3, 0.4) is 0 Å². The molecule has 1 aromatic carbocycles. The first-order valence-electron chi connectivity index (χ1n) is 6.69. The van der Waals surface area contributed by atoms with Gasteiger partial charge in [-0.2, -0.15) is 0 Å². The SMILES string of the molecule is FC1(F)CC12CCN(c1nc3c(Cl)cccc3s1)CC2. The zero-order chi connectivity index (χ0) is 14.0. The van der Waals surface area contributed by atoms with E-state index in [9.17, 15) is 8.78 Å². The van der Waals surface area contributed by atoms with Gasteiger partial charge in [-0.15, -0.1) is 0 Å². The molecule has 1 aromatic heterocycles. The van der Waals surface area contributed by atoms with Gasteiger partial charge in [0.15, 0.2) is 5.13 Å². The number of hydrogen-bond acceptors (Lipinski definition) is 3. The van der Waals surface area contributed by atoms with Crippen LogP contribution in [0.25, 0.3) is 10.2 Å². The number of rotatable bonds is 1. The van der Waals surface area contributed by atoms with Gasteiger partial charge >= 0.3 is 0 Å². The van der Waals surface area contributed by atoms with Crippen molar-refractivity contribution in [3.8, 4) is 0 Å². The van der Waals surface area contributed by atoms with Crippen LogP contribution in [0.4, 0.5) is 13.9 Å². The highest BCUT2D eigenvalue weighted by Crippen LogP contribution is 2.66. The summed E-state index contributed by atoms with van der Waals surface area (Å²) >= 11 is 7.71. The Morgan fingerprint density at radius 2 is 1.95 bits per heavy atom. The highest BCUT2D eigenvalue weighted by atomic mass is 35.5. The first-order valence-corrected chi connectivity index (χ1v) is 7.88. The Morgan fingerprint density at radius 3 is 2.55 bits per heavy atom. The van der Waals surface area contributed by atoms with Crippen LogP contribution < -0.4 is 4.90 Å². The molecule has 0 radical (unpaired) electrons. The molecule has 2 aromatic rings. The number of para-hydroxylation sites is 1. The molecule has 6 heteroatoms. The third-order valence-electron chi connectivity index (χ3n) is 4.56. The van der Waals surface area contributed by atoms with E-state index in [-0.39, 0.29) is 6.42 Å². The lowest BCUT2D eigenvalue weighted by Crippen LogP contribution is -2.36. The van der Waals surface area contributed by atoms with E-state index in [1.54, 1.807) is 11.3 Å². The monoisotopic (exact) mass is 314 g/mol. The summed E-state index contributed by atoms with van der Waals surface area (Å²) < 4.78 is 27.8. The van der Waals surface area contributed by atoms with Crippen molar-refractivity contribution in [2.75, 3.05) is 18.0 Å². The quantitative estimate of drug-likeness (QED) is 0.766. The maximum atomic E-state index is 13.4. The Hall–Kier alpha value is -0.940. The Morgan fingerprint density at radius 1 is 1.25 bits per heavy atom. The van der Waals surface area contributed by atoms with E-state index in [2.05, 4.69) is 9.88 Å². The Bertz CT molecular complexity index is 677. The number of piperidine rings is 1. The first kappa shape index (κ1) is 12.8. The molecule has 4 rings (SSSR count). The zero-order valence-electron chi connectivity index (χ0n) is 10.7. The maximum Gasteiger partial charge on any atom is 0.254 e. The molecule has 1 saturated carbocycles. The zero-order valence-corrected chi connectivity index (χ0v) is 12.3. The van der Waals surface area contributed by atoms with Crippen LogP contribution in [0.15, 0.2) is 18.2 Å². The summed E-state index contributed by atoms with van der Waals surface area (Å²) in [5.74, 6) is -2.43. The van der Waals surface area contributed by atoms with E-state index in [0.717, 1.165) is 15.3 Å². The number of thiazole rings is 1. The largest absolute Gasteiger partial charge is 0.348 e. The second kappa shape index (κ2) is 4.04. The Labute approximate surface area is 124 Å². The summed E-state index contributed by atoms with van der Waals surface area (Å²) in [6.45, 7) is 1.32. The highest BCUT2D eigenvalue weighted by molar-refractivity contribution is 7.22. The minimum absolute atomic E-state index is 0.0690. The normalized spacial score (nSPS) is 23.4. The first-order chi connectivity index (χ1) is 9.51. The fourth-order valence-corrected chi connectivity index (χ4v) is 4.40. The smallest absolute Gasteiger partial charge is 0.254 e. The number of alkyl halides is 2. The Balaban J connectivity index is 1.58. The van der Waals surface area contributed by atoms with Crippen molar-refractivity contribution in [2.24, 2.45) is 5.41 Å². The molecular formula is C14H13ClF2N2S. The van der Waals surface area contributed by atoms with Crippen molar-refractivity contribution in [1.29, 1.82) is 0 Å². The maximum absolute atomic E-state index is 13.4. The molecule has 20 heavy (non-hydrogen) atoms. The van der Waals surface area contributed by atoms with Gasteiger partial charge in [0.05, 0.1) is 9.72 Å². The van der Waals surface area contributed by atoms with Gasteiger partial charge in [0.1, 0.15) is 5.52 Å². The minimum atomic E-state index is -2.43. The fourth-order valence-electron chi connectivity index (χ4n) is 3.09. The number of benzene rings is 1. The van der Waals surface area contributed by atoms with Gasteiger partial charge in [-0.1, -0.05) is 29.0 Å². The number of fused-ring (bicyclic) bond motifs is 1. The van der Waals surface area contributed by atoms with Crippen LogP contribution in [-0.4, -0.2) is 24.0 Å². The van der Waals surface area contributed by atoms with Crippen LogP contribution in [0.5, 0.6) is 0 Å². The summed E-state index contributed by atoms with van der Waals surface area (Å²) in [4.78, 5) is 6.68. The average molecular weight is 315 g/mol. The van der Waals surface area contributed by atoms with Gasteiger partial charge < -0.3 is 4.90 Å². The molecule has 1 aliphatic heterocycles. The molecule has 0 amide bonds. The lowest BCUT2D eigenvalue weighted by atomic mass is 9.93. The van der Waals surface area contributed by atoms with Crippen LogP contribution in [0.2, 0.25) is 5.02 Å². The molecule has 1 saturated heterocycles. The molecule has 0 atom stereocenters. The number of hydrogen-bond donors (Lipinski definition) is 0. The van der Waals surface area contributed by atoms with Crippen molar-refractivity contribution in [2.45, 2.75) is 25.2 Å². The standard InChI is InChI=1S/C14H13ClF2N2S/c15-9-2-1-3-10-11(9)18-12(20-10)19-6-4-13(5-7-19)8-14(13,16)17/h1-3H,4-8H2. The van der Waals surface area contributed by atoms with Gasteiger partial charge in [-0.25, -0.2) is 13.8 Å². The van der Waals surface area contributed by atoms with E-state index in [1.165, 1.54) is 0 Å². The van der Waals surface area contributed by atoms with Crippen LogP contribution in [-0.2, 0) is 0 Å². The number of nitrogens with zero attached hydrogens (tertiary/aromatic N) is 2. The number of halogens is 3. The van der Waals surface area contributed by atoms with Crippen LogP contribution in [0, 0.1) is 5.41 Å². The molecule has 106 valence electrons. The van der Waals surface area contributed by atoms with Gasteiger partial charge in [0, 0.05) is 24.9 Å². The lowest BCUT2D eigenvalue weighted by molar-refractivity contribution is 0.0537. The number of aromatic nitrogens is 1. The summed E-state index contributed by atoms with van der Waals surface area (Å²) in [7, 11) is 0. The molecule has 1 aliphatic carbocycles. The van der Waals surface area contributed by atoms with Gasteiger partial charge in [0.2, 0.25) is 0 Å². The van der Waals surface area contributed by atoms with Crippen molar-refractivity contribution in [3.63, 3.8) is 0 Å². The Kier molecular flexibility index (Phi) is 2.58. The lowest BCUT2D eigenvalue weighted by Gasteiger charge is -2.31. The summed E-state index contributed by atoms with van der Waals surface area (Å²) in [5, 5.41) is 1.54. The second-order valence-corrected chi connectivity index (χ2v) is 7.15. The number of anilines is 1. The summed E-state index contributed by atoms with van der Waals surface area (Å²) in [5.41, 5.74) is 0.101. The molecular weight excluding hydrogens is 302 g/mol. The van der Waals surface area contributed by atoms with Gasteiger partial charge in [-0.3, -0.25) is 0 Å². The average Bonchev–Trinajstić information content (AvgIpc) is 2.77. The van der Waals surface area contributed by atoms with E-state index in [1.807, 2.05) is 18.2 Å². The van der Waals surface area contributed by atoms with E-state index in [4.69, 9.17) is 11.6 Å². The van der Waals surface area contributed by atoms with E-state index in [0.29, 0.717) is 31.0 Å². The molecule has 0 unspecified atom stereocenters. The van der Waals surface area contributed by atoms with Crippen molar-refractivity contribution >= 4 is 38.3 Å². The molecule has 2 aliphatic rings. The van der Waals surface area contributed by atoms with Crippen molar-refractivity contribution < 1.29 is 8.78 Å². The minimum Gasteiger partial charge on any atom is -0.348 e. The summed E-state index contributed by atoms with van der Waals surface area (Å²) in [6.07, 6.45) is 1.19. The van der Waals surface area contributed by atoms with Gasteiger partial charge in [0.25, 0.3) is 5.92 Å². The highest BCUT2D eigenvalue weighted by Gasteiger charge is 2.70. The molecule has 2 fully saturated rings. The van der Waals surface area contributed by atoms with Crippen LogP contribution in [0.1, 0.15) is 19.3 Å². The van der Waals surface area contributed by atoms with Crippen LogP contribution >= 0.6 is 22.9 Å². The fraction of sp³-hybridized carbons (Fsp3) is 0.500. The second-order valence-electron chi connectivity index (χ2n) is 5.73. The molecule has 2 nitrogen and oxygen atoms in total. The topological polar surface area (TPSA) is 16.1 Å². The van der Waals surface area contributed by atoms with E-state index >= 15 is 0 Å². The van der Waals surface area contributed by atoms with E-state index < -0.39 is 11.3 Å². The third kappa shape index (κ3) is 1.76. The van der Waals surface area contributed by atoms with Crippen molar-refractivity contribution in [1.82, 2.24) is 4.98 Å². The molecule has 0 bridgehead atoms. The predicted octanol–water partition coefficient (Wildman–Crippen LogP) is 4.58. The molecule has 0 N–H and O–H groups in total. The van der Waals surface area contributed by atoms with Crippen molar-refractivity contribution in [3.05, 3.63) is 23.2 Å². The molecule has 2 heterocycles.